The van der Waals surface area contributed by atoms with Crippen LogP contribution < -0.4 is 5.32 Å². The lowest BCUT2D eigenvalue weighted by Crippen LogP contribution is -2.71. The van der Waals surface area contributed by atoms with Crippen molar-refractivity contribution in [1.29, 1.82) is 0 Å². The van der Waals surface area contributed by atoms with Gasteiger partial charge in [0.25, 0.3) is 5.79 Å². The molecule has 0 aromatic rings. The summed E-state index contributed by atoms with van der Waals surface area (Å²) in [4.78, 5) is 25.8. The third-order valence-electron chi connectivity index (χ3n) is 14.3. The maximum Gasteiger partial charge on any atom is 0.364 e. The molecule has 33 heteroatoms. The maximum absolute atomic E-state index is 13.5. The van der Waals surface area contributed by atoms with Crippen molar-refractivity contribution in [3.63, 3.8) is 0 Å². The number of carbonyl (C=O) groups is 2. The lowest BCUT2D eigenvalue weighted by atomic mass is 9.88. The number of carboxylic acids is 1. The number of hydrogen-bond acceptors (Lipinski definition) is 31. The Bertz CT molecular complexity index is 1850. The molecule has 6 aliphatic rings. The zero-order valence-corrected chi connectivity index (χ0v) is 41.3. The van der Waals surface area contributed by atoms with Crippen LogP contribution in [-0.4, -0.2) is 328 Å². The molecule has 0 aliphatic carbocycles. The second-order valence-corrected chi connectivity index (χ2v) is 19.5. The Morgan fingerprint density at radius 2 is 1.07 bits per heavy atom. The number of amides is 1. The molecular formula is C43H73NO32. The number of aliphatic carboxylic acids is 1. The first kappa shape index (κ1) is 63.0. The number of carbonyl (C=O) groups excluding carboxylic acids is 1. The van der Waals surface area contributed by atoms with E-state index in [1.165, 1.54) is 13.8 Å². The van der Waals surface area contributed by atoms with E-state index in [9.17, 15) is 102 Å². The number of ether oxygens (including phenoxy) is 12. The summed E-state index contributed by atoms with van der Waals surface area (Å²) in [6.07, 6.45) is -54.5. The van der Waals surface area contributed by atoms with Crippen molar-refractivity contribution in [2.75, 3.05) is 40.1 Å². The van der Waals surface area contributed by atoms with Crippen molar-refractivity contribution in [2.45, 2.75) is 211 Å². The first-order valence-corrected chi connectivity index (χ1v) is 24.3. The first-order valence-electron chi connectivity index (χ1n) is 24.3. The lowest BCUT2D eigenvalue weighted by Gasteiger charge is -2.52. The molecule has 6 fully saturated rings. The molecule has 0 radical (unpaired) electrons. The molecule has 19 N–H and O–H groups in total. The van der Waals surface area contributed by atoms with Crippen LogP contribution in [0.1, 0.15) is 27.2 Å². The van der Waals surface area contributed by atoms with Crippen molar-refractivity contribution in [2.24, 2.45) is 5.92 Å². The highest BCUT2D eigenvalue weighted by Crippen LogP contribution is 2.42. The van der Waals surface area contributed by atoms with Gasteiger partial charge in [0, 0.05) is 26.4 Å². The number of nitrogens with one attached hydrogen (secondary N) is 1. The topological polar surface area (TPSA) is 521 Å². The van der Waals surface area contributed by atoms with E-state index in [-0.39, 0.29) is 0 Å². The van der Waals surface area contributed by atoms with Gasteiger partial charge in [-0.05, 0) is 6.92 Å². The standard InChI is InChI=1S/C43H73NO32/c1-11-31(71-41-36(26(58)23(55)16(7-46)68-41)74-39-28(60)25(57)21(53)12(2)66-39)24(56)17(8-47)67-37(11)73-33-19(10-49)70-40(72-32-18(9-48)69-38(65-4)29(61)27(32)59)30(62)35(33)76-43(42(63)64)5-14(51)20(44-13(3)50)34(75-43)22(54)15(52)6-45/h11-12,14-41,45-49,51-62H,5-10H2,1-4H3,(H,44,50)(H,63,64)/t11?,12?,14?,15-,16?,17?,18?,19?,20-,21-,22-,23+,24+,25?,26?,27?,28?,29?,30?,31?,32-,33+,34?,35?,36?,37-,38-,39+,40+,41+,43+/m1/s1. The van der Waals surface area contributed by atoms with Crippen LogP contribution in [0.3, 0.4) is 0 Å². The summed E-state index contributed by atoms with van der Waals surface area (Å²) < 4.78 is 69.7. The molecule has 1 amide bonds. The van der Waals surface area contributed by atoms with E-state index in [0.717, 1.165) is 14.0 Å². The number of aliphatic hydroxyl groups is 17. The third kappa shape index (κ3) is 12.9. The maximum atomic E-state index is 13.5. The van der Waals surface area contributed by atoms with Gasteiger partial charge in [-0.15, -0.1) is 0 Å². The van der Waals surface area contributed by atoms with Crippen LogP contribution in [0.4, 0.5) is 0 Å². The molecule has 0 aromatic carbocycles. The van der Waals surface area contributed by atoms with Crippen LogP contribution in [0.25, 0.3) is 0 Å². The molecule has 31 atom stereocenters. The summed E-state index contributed by atoms with van der Waals surface area (Å²) in [6, 6.07) is -1.71. The molecule has 76 heavy (non-hydrogen) atoms. The van der Waals surface area contributed by atoms with E-state index in [2.05, 4.69) is 5.32 Å². The van der Waals surface area contributed by atoms with Gasteiger partial charge in [-0.25, -0.2) is 4.79 Å². The largest absolute Gasteiger partial charge is 0.477 e. The Morgan fingerprint density at radius 3 is 1.64 bits per heavy atom. The molecule has 0 bridgehead atoms. The van der Waals surface area contributed by atoms with Crippen molar-refractivity contribution in [3.8, 4) is 0 Å². The normalized spacial score (nSPS) is 49.2. The molecule has 17 unspecified atom stereocenters. The first-order chi connectivity index (χ1) is 35.8. The van der Waals surface area contributed by atoms with Gasteiger partial charge in [-0.2, -0.15) is 0 Å². The summed E-state index contributed by atoms with van der Waals surface area (Å²) in [5.41, 5.74) is 0. The number of aliphatic hydroxyl groups excluding tert-OH is 17. The van der Waals surface area contributed by atoms with Crippen LogP contribution in [0.2, 0.25) is 0 Å². The Balaban J connectivity index is 1.38. The average Bonchev–Trinajstić information content (AvgIpc) is 3.40. The lowest BCUT2D eigenvalue weighted by molar-refractivity contribution is -0.408. The highest BCUT2D eigenvalue weighted by molar-refractivity contribution is 5.76. The Labute approximate surface area is 432 Å². The summed E-state index contributed by atoms with van der Waals surface area (Å²) in [6.45, 7) is -1.61. The number of rotatable bonds is 20. The Hall–Kier alpha value is -2.22. The van der Waals surface area contributed by atoms with Crippen LogP contribution in [0.15, 0.2) is 0 Å². The zero-order valence-electron chi connectivity index (χ0n) is 41.3. The van der Waals surface area contributed by atoms with Gasteiger partial charge < -0.3 is 154 Å². The number of carboxylic acid groups (broad SMARTS) is 1. The molecular weight excluding hydrogens is 1040 g/mol. The van der Waals surface area contributed by atoms with Crippen molar-refractivity contribution < 1.29 is 158 Å². The molecule has 0 aromatic heterocycles. The van der Waals surface area contributed by atoms with Gasteiger partial charge in [0.1, 0.15) is 122 Å². The predicted octanol–water partition coefficient (Wildman–Crippen LogP) is -11.8. The SMILES string of the molecule is CO[C@@H]1OC(CO)[C@@H](O[C@@H]2OC(CO)[C@H](O[C@H]3OC(CO)[C@H](O)C(O[C@@H]4OC(CO)[C@H](O)C(O)C4O[C@@H]4OC(C)[C@@H](O)C(O)C4O)C3C)C(O[C@]3(C(=O)O)CC(O)[C@@H](NC(C)=O)C([C@H](O)[C@H](O)CO)O3)C2O)C(O)C1O. The Morgan fingerprint density at radius 1 is 0.566 bits per heavy atom. The van der Waals surface area contributed by atoms with Gasteiger partial charge in [0.05, 0.1) is 57.4 Å². The van der Waals surface area contributed by atoms with E-state index in [1.54, 1.807) is 0 Å². The van der Waals surface area contributed by atoms with E-state index >= 15 is 0 Å². The summed E-state index contributed by atoms with van der Waals surface area (Å²) >= 11 is 0. The summed E-state index contributed by atoms with van der Waals surface area (Å²) in [5.74, 6) is -7.64. The van der Waals surface area contributed by atoms with Gasteiger partial charge >= 0.3 is 5.97 Å². The van der Waals surface area contributed by atoms with E-state index in [0.29, 0.717) is 0 Å². The van der Waals surface area contributed by atoms with E-state index in [1.807, 2.05) is 0 Å². The van der Waals surface area contributed by atoms with Crippen molar-refractivity contribution in [3.05, 3.63) is 0 Å². The summed E-state index contributed by atoms with van der Waals surface area (Å²) in [7, 11) is 1.11. The second-order valence-electron chi connectivity index (χ2n) is 19.5. The second kappa shape index (κ2) is 26.6. The highest BCUT2D eigenvalue weighted by Gasteiger charge is 2.62. The minimum Gasteiger partial charge on any atom is -0.477 e. The minimum absolute atomic E-state index is 0.842. The van der Waals surface area contributed by atoms with E-state index < -0.39 is 241 Å². The molecule has 6 rings (SSSR count). The fraction of sp³-hybridized carbons (Fsp3) is 0.953. The summed E-state index contributed by atoms with van der Waals surface area (Å²) in [5, 5.41) is 197. The van der Waals surface area contributed by atoms with Crippen LogP contribution >= 0.6 is 0 Å². The van der Waals surface area contributed by atoms with E-state index in [4.69, 9.17) is 56.8 Å². The number of methoxy groups -OCH3 is 1. The quantitative estimate of drug-likeness (QED) is 0.0538. The van der Waals surface area contributed by atoms with Crippen molar-refractivity contribution >= 4 is 11.9 Å². The Kier molecular flexibility index (Phi) is 22.0. The molecule has 0 spiro atoms. The molecule has 33 nitrogen and oxygen atoms in total. The fourth-order valence-corrected chi connectivity index (χ4v) is 9.96. The number of hydrogen-bond donors (Lipinski definition) is 19. The smallest absolute Gasteiger partial charge is 0.364 e. The molecule has 6 saturated heterocycles. The van der Waals surface area contributed by atoms with Crippen LogP contribution in [0, 0.1) is 5.92 Å². The minimum atomic E-state index is -3.29. The monoisotopic (exact) mass is 1120 g/mol. The zero-order chi connectivity index (χ0) is 56.4. The van der Waals surface area contributed by atoms with Gasteiger partial charge in [0.2, 0.25) is 5.91 Å². The molecule has 6 heterocycles. The average molecular weight is 1120 g/mol. The predicted molar refractivity (Wildman–Crippen MR) is 234 cm³/mol. The van der Waals surface area contributed by atoms with Crippen LogP contribution in [-0.2, 0) is 66.4 Å². The van der Waals surface area contributed by atoms with Gasteiger partial charge in [-0.3, -0.25) is 4.79 Å². The third-order valence-corrected chi connectivity index (χ3v) is 14.3. The molecule has 0 saturated carbocycles. The molecule has 6 aliphatic heterocycles. The van der Waals surface area contributed by atoms with Crippen molar-refractivity contribution in [1.82, 2.24) is 5.32 Å². The van der Waals surface area contributed by atoms with Gasteiger partial charge in [-0.1, -0.05) is 6.92 Å². The highest BCUT2D eigenvalue weighted by atomic mass is 16.8. The van der Waals surface area contributed by atoms with Gasteiger partial charge in [0.15, 0.2) is 31.5 Å². The van der Waals surface area contributed by atoms with Crippen LogP contribution in [0.5, 0.6) is 0 Å². The molecule has 442 valence electrons. The fourth-order valence-electron chi connectivity index (χ4n) is 9.96.